The van der Waals surface area contributed by atoms with Crippen molar-refractivity contribution in [2.75, 3.05) is 0 Å². The summed E-state index contributed by atoms with van der Waals surface area (Å²) in [6.07, 6.45) is 0.431. The average Bonchev–Trinajstić information content (AvgIpc) is 2.02. The molecule has 0 saturated carbocycles. The lowest BCUT2D eigenvalue weighted by Crippen LogP contribution is -2.17. The summed E-state index contributed by atoms with van der Waals surface area (Å²) >= 11 is 0. The zero-order valence-electron chi connectivity index (χ0n) is 8.18. The van der Waals surface area contributed by atoms with Gasteiger partial charge in [-0.3, -0.25) is 0 Å². The topological polar surface area (TPSA) is 26.0 Å². The summed E-state index contributed by atoms with van der Waals surface area (Å²) in [6, 6.07) is 7.72. The van der Waals surface area contributed by atoms with Crippen LogP contribution in [0.2, 0.25) is 0 Å². The highest BCUT2D eigenvalue weighted by Gasteiger charge is 2.17. The minimum atomic E-state index is -1.16. The Kier molecular flexibility index (Phi) is 3.04. The molecule has 13 heavy (non-hydrogen) atoms. The second-order valence-electron chi connectivity index (χ2n) is 3.87. The van der Waals surface area contributed by atoms with Crippen molar-refractivity contribution in [1.82, 2.24) is 0 Å². The van der Waals surface area contributed by atoms with Gasteiger partial charge in [-0.1, -0.05) is 24.3 Å². The molecule has 72 valence electrons. The zero-order valence-corrected chi connectivity index (χ0v) is 8.18. The average molecular weight is 181 g/mol. The molecular weight excluding hydrogens is 165 g/mol. The number of halogens is 1. The molecule has 1 rings (SSSR count). The van der Waals surface area contributed by atoms with E-state index in [1.165, 1.54) is 0 Å². The van der Waals surface area contributed by atoms with Gasteiger partial charge >= 0.3 is 0 Å². The minimum absolute atomic E-state index is 0.431. The van der Waals surface area contributed by atoms with Crippen molar-refractivity contribution in [3.8, 4) is 0 Å². The standard InChI is InChI=1S/C11H16FN/c1-11(2,12)7-9-5-3-4-6-10(9)8-13/h3-6H,7-8,13H2,1-2H3. The van der Waals surface area contributed by atoms with Crippen LogP contribution in [-0.4, -0.2) is 5.67 Å². The molecule has 0 saturated heterocycles. The summed E-state index contributed by atoms with van der Waals surface area (Å²) in [5.41, 5.74) is 6.43. The van der Waals surface area contributed by atoms with Crippen LogP contribution in [0.15, 0.2) is 24.3 Å². The van der Waals surface area contributed by atoms with E-state index in [0.29, 0.717) is 13.0 Å². The van der Waals surface area contributed by atoms with Crippen molar-refractivity contribution in [1.29, 1.82) is 0 Å². The predicted octanol–water partition coefficient (Wildman–Crippen LogP) is 2.44. The Morgan fingerprint density at radius 2 is 1.77 bits per heavy atom. The molecule has 0 heterocycles. The number of alkyl halides is 1. The van der Waals surface area contributed by atoms with Gasteiger partial charge < -0.3 is 5.73 Å². The fraction of sp³-hybridized carbons (Fsp3) is 0.455. The molecule has 0 atom stereocenters. The van der Waals surface area contributed by atoms with Gasteiger partial charge in [-0.2, -0.15) is 0 Å². The first-order valence-electron chi connectivity index (χ1n) is 4.49. The second kappa shape index (κ2) is 3.88. The van der Waals surface area contributed by atoms with Crippen LogP contribution in [0.3, 0.4) is 0 Å². The minimum Gasteiger partial charge on any atom is -0.326 e. The van der Waals surface area contributed by atoms with E-state index >= 15 is 0 Å². The van der Waals surface area contributed by atoms with E-state index in [1.54, 1.807) is 13.8 Å². The Labute approximate surface area is 78.8 Å². The van der Waals surface area contributed by atoms with E-state index in [4.69, 9.17) is 5.73 Å². The van der Waals surface area contributed by atoms with Crippen LogP contribution in [0, 0.1) is 0 Å². The van der Waals surface area contributed by atoms with Crippen LogP contribution in [0.1, 0.15) is 25.0 Å². The molecule has 0 radical (unpaired) electrons. The van der Waals surface area contributed by atoms with Gasteiger partial charge in [0.1, 0.15) is 5.67 Å². The molecule has 1 aromatic carbocycles. The van der Waals surface area contributed by atoms with Gasteiger partial charge in [-0.25, -0.2) is 4.39 Å². The molecule has 0 aliphatic carbocycles. The third-order valence-electron chi connectivity index (χ3n) is 1.95. The molecule has 2 heteroatoms. The number of rotatable bonds is 3. The van der Waals surface area contributed by atoms with Crippen LogP contribution in [0.4, 0.5) is 4.39 Å². The lowest BCUT2D eigenvalue weighted by molar-refractivity contribution is 0.216. The summed E-state index contributed by atoms with van der Waals surface area (Å²) in [6.45, 7) is 3.65. The Hall–Kier alpha value is -0.890. The molecule has 2 N–H and O–H groups in total. The monoisotopic (exact) mass is 181 g/mol. The Bertz CT molecular complexity index is 276. The largest absolute Gasteiger partial charge is 0.326 e. The Morgan fingerprint density at radius 1 is 1.23 bits per heavy atom. The van der Waals surface area contributed by atoms with E-state index in [9.17, 15) is 4.39 Å². The highest BCUT2D eigenvalue weighted by atomic mass is 19.1. The molecule has 0 amide bonds. The molecule has 1 aromatic rings. The first kappa shape index (κ1) is 10.2. The summed E-state index contributed by atoms with van der Waals surface area (Å²) in [5, 5.41) is 0. The fourth-order valence-electron chi connectivity index (χ4n) is 1.38. The van der Waals surface area contributed by atoms with Gasteiger partial charge in [-0.05, 0) is 25.0 Å². The van der Waals surface area contributed by atoms with Crippen molar-refractivity contribution in [3.63, 3.8) is 0 Å². The van der Waals surface area contributed by atoms with Crippen LogP contribution < -0.4 is 5.73 Å². The fourth-order valence-corrected chi connectivity index (χ4v) is 1.38. The lowest BCUT2D eigenvalue weighted by Gasteiger charge is -2.16. The smallest absolute Gasteiger partial charge is 0.109 e. The third-order valence-corrected chi connectivity index (χ3v) is 1.95. The number of hydrogen-bond acceptors (Lipinski definition) is 1. The molecule has 0 bridgehead atoms. The highest BCUT2D eigenvalue weighted by molar-refractivity contribution is 5.28. The lowest BCUT2D eigenvalue weighted by atomic mass is 9.96. The highest BCUT2D eigenvalue weighted by Crippen LogP contribution is 2.19. The number of benzene rings is 1. The first-order chi connectivity index (χ1) is 6.03. The predicted molar refractivity (Wildman–Crippen MR) is 53.2 cm³/mol. The molecular formula is C11H16FN. The SMILES string of the molecule is CC(C)(F)Cc1ccccc1CN. The van der Waals surface area contributed by atoms with Gasteiger partial charge in [0.15, 0.2) is 0 Å². The van der Waals surface area contributed by atoms with Crippen LogP contribution in [0.5, 0.6) is 0 Å². The van der Waals surface area contributed by atoms with Crippen molar-refractivity contribution < 1.29 is 4.39 Å². The van der Waals surface area contributed by atoms with Crippen molar-refractivity contribution in [2.45, 2.75) is 32.5 Å². The van der Waals surface area contributed by atoms with Crippen LogP contribution >= 0.6 is 0 Å². The van der Waals surface area contributed by atoms with Gasteiger partial charge in [-0.15, -0.1) is 0 Å². The van der Waals surface area contributed by atoms with Crippen molar-refractivity contribution in [2.24, 2.45) is 5.73 Å². The maximum Gasteiger partial charge on any atom is 0.109 e. The molecule has 1 nitrogen and oxygen atoms in total. The van der Waals surface area contributed by atoms with E-state index in [1.807, 2.05) is 24.3 Å². The number of nitrogens with two attached hydrogens (primary N) is 1. The molecule has 0 spiro atoms. The quantitative estimate of drug-likeness (QED) is 0.761. The Balaban J connectivity index is 2.87. The molecule has 0 fully saturated rings. The maximum atomic E-state index is 13.4. The van der Waals surface area contributed by atoms with E-state index in [2.05, 4.69) is 0 Å². The van der Waals surface area contributed by atoms with Crippen LogP contribution in [0.25, 0.3) is 0 Å². The van der Waals surface area contributed by atoms with Crippen LogP contribution in [-0.2, 0) is 13.0 Å². The summed E-state index contributed by atoms with van der Waals surface area (Å²) in [5.74, 6) is 0. The van der Waals surface area contributed by atoms with Gasteiger partial charge in [0.2, 0.25) is 0 Å². The third kappa shape index (κ3) is 3.15. The van der Waals surface area contributed by atoms with Crippen molar-refractivity contribution >= 4 is 0 Å². The van der Waals surface area contributed by atoms with Gasteiger partial charge in [0, 0.05) is 13.0 Å². The second-order valence-corrected chi connectivity index (χ2v) is 3.87. The molecule has 0 unspecified atom stereocenters. The summed E-state index contributed by atoms with van der Waals surface area (Å²) < 4.78 is 13.4. The van der Waals surface area contributed by atoms with E-state index in [-0.39, 0.29) is 0 Å². The van der Waals surface area contributed by atoms with E-state index < -0.39 is 5.67 Å². The maximum absolute atomic E-state index is 13.4. The van der Waals surface area contributed by atoms with Gasteiger partial charge in [0.05, 0.1) is 0 Å². The Morgan fingerprint density at radius 3 is 2.23 bits per heavy atom. The molecule has 0 aliphatic heterocycles. The number of hydrogen-bond donors (Lipinski definition) is 1. The summed E-state index contributed by atoms with van der Waals surface area (Å²) in [7, 11) is 0. The summed E-state index contributed by atoms with van der Waals surface area (Å²) in [4.78, 5) is 0. The molecule has 0 aromatic heterocycles. The van der Waals surface area contributed by atoms with Crippen molar-refractivity contribution in [3.05, 3.63) is 35.4 Å². The van der Waals surface area contributed by atoms with E-state index in [0.717, 1.165) is 11.1 Å². The zero-order chi connectivity index (χ0) is 9.90. The normalized spacial score (nSPS) is 11.7. The van der Waals surface area contributed by atoms with Gasteiger partial charge in [0.25, 0.3) is 0 Å². The molecule has 0 aliphatic rings. The first-order valence-corrected chi connectivity index (χ1v) is 4.49.